The molecule has 2 unspecified atom stereocenters. The Morgan fingerprint density at radius 3 is 1.68 bits per heavy atom. The third-order valence-corrected chi connectivity index (χ3v) is 3.88. The standard InChI is InChI=1S/C18H34O/c1-16(2,3)12-14-13(17(4,5)6)10-11-15(19-14)18(7,8)9/h10-11,13-15H,12H2,1-9H3/t13?,14-,15?/m1/s1. The van der Waals surface area contributed by atoms with Crippen LogP contribution in [0.1, 0.15) is 68.7 Å². The number of rotatable bonds is 1. The highest BCUT2D eigenvalue weighted by Gasteiger charge is 2.39. The zero-order chi connectivity index (χ0) is 15.1. The van der Waals surface area contributed by atoms with Crippen LogP contribution in [0.25, 0.3) is 0 Å². The minimum absolute atomic E-state index is 0.176. The van der Waals surface area contributed by atoms with E-state index in [9.17, 15) is 0 Å². The highest BCUT2D eigenvalue weighted by Crippen LogP contribution is 2.41. The third kappa shape index (κ3) is 4.95. The van der Waals surface area contributed by atoms with Crippen LogP contribution in [0.2, 0.25) is 0 Å². The molecule has 0 saturated carbocycles. The molecule has 0 saturated heterocycles. The van der Waals surface area contributed by atoms with Crippen LogP contribution in [0.5, 0.6) is 0 Å². The lowest BCUT2D eigenvalue weighted by molar-refractivity contribution is -0.0988. The summed E-state index contributed by atoms with van der Waals surface area (Å²) < 4.78 is 6.48. The smallest absolute Gasteiger partial charge is 0.0808 e. The number of ether oxygens (including phenoxy) is 1. The topological polar surface area (TPSA) is 9.23 Å². The summed E-state index contributed by atoms with van der Waals surface area (Å²) in [7, 11) is 0. The molecular formula is C18H34O. The zero-order valence-electron chi connectivity index (χ0n) is 14.5. The molecule has 0 amide bonds. The normalized spacial score (nSPS) is 29.6. The molecule has 0 N–H and O–H groups in total. The summed E-state index contributed by atoms with van der Waals surface area (Å²) >= 11 is 0. The van der Waals surface area contributed by atoms with Gasteiger partial charge in [0, 0.05) is 5.92 Å². The molecule has 0 aliphatic carbocycles. The van der Waals surface area contributed by atoms with Gasteiger partial charge in [0.25, 0.3) is 0 Å². The Morgan fingerprint density at radius 1 is 0.789 bits per heavy atom. The Bertz CT molecular complexity index is 319. The maximum atomic E-state index is 6.48. The monoisotopic (exact) mass is 266 g/mol. The lowest BCUT2D eigenvalue weighted by Gasteiger charge is -2.44. The van der Waals surface area contributed by atoms with Gasteiger partial charge in [-0.1, -0.05) is 74.5 Å². The van der Waals surface area contributed by atoms with Gasteiger partial charge in [0.1, 0.15) is 0 Å². The molecule has 0 fully saturated rings. The van der Waals surface area contributed by atoms with Crippen LogP contribution in [0.4, 0.5) is 0 Å². The van der Waals surface area contributed by atoms with Gasteiger partial charge < -0.3 is 4.74 Å². The fourth-order valence-corrected chi connectivity index (χ4v) is 2.78. The van der Waals surface area contributed by atoms with Gasteiger partial charge in [-0.05, 0) is 22.7 Å². The second-order valence-electron chi connectivity index (χ2n) is 9.50. The Labute approximate surface area is 120 Å². The first kappa shape index (κ1) is 16.8. The van der Waals surface area contributed by atoms with E-state index >= 15 is 0 Å². The largest absolute Gasteiger partial charge is 0.370 e. The number of hydrogen-bond acceptors (Lipinski definition) is 1. The average Bonchev–Trinajstić information content (AvgIpc) is 2.11. The van der Waals surface area contributed by atoms with Gasteiger partial charge in [-0.3, -0.25) is 0 Å². The first-order valence-electron chi connectivity index (χ1n) is 7.64. The van der Waals surface area contributed by atoms with E-state index in [2.05, 4.69) is 74.5 Å². The van der Waals surface area contributed by atoms with E-state index in [-0.39, 0.29) is 16.9 Å². The molecule has 112 valence electrons. The van der Waals surface area contributed by atoms with Crippen molar-refractivity contribution in [3.8, 4) is 0 Å². The van der Waals surface area contributed by atoms with E-state index < -0.39 is 0 Å². The molecule has 0 spiro atoms. The first-order valence-corrected chi connectivity index (χ1v) is 7.64. The Hall–Kier alpha value is -0.300. The van der Waals surface area contributed by atoms with Crippen LogP contribution in [0, 0.1) is 22.2 Å². The van der Waals surface area contributed by atoms with Crippen molar-refractivity contribution in [2.75, 3.05) is 0 Å². The molecule has 1 aliphatic rings. The van der Waals surface area contributed by atoms with Gasteiger partial charge in [0.05, 0.1) is 12.2 Å². The summed E-state index contributed by atoms with van der Waals surface area (Å²) in [5.41, 5.74) is 0.743. The van der Waals surface area contributed by atoms with Crippen LogP contribution in [-0.2, 0) is 4.74 Å². The molecule has 1 nitrogen and oxygen atoms in total. The van der Waals surface area contributed by atoms with Gasteiger partial charge >= 0.3 is 0 Å². The summed E-state index contributed by atoms with van der Waals surface area (Å²) in [6.07, 6.45) is 6.38. The zero-order valence-corrected chi connectivity index (χ0v) is 14.5. The molecule has 3 atom stereocenters. The van der Waals surface area contributed by atoms with Crippen molar-refractivity contribution in [2.24, 2.45) is 22.2 Å². The van der Waals surface area contributed by atoms with Gasteiger partial charge in [-0.25, -0.2) is 0 Å². The summed E-state index contributed by atoms with van der Waals surface area (Å²) in [4.78, 5) is 0. The third-order valence-electron chi connectivity index (χ3n) is 3.88. The van der Waals surface area contributed by atoms with Crippen molar-refractivity contribution in [2.45, 2.75) is 80.9 Å². The van der Waals surface area contributed by atoms with Gasteiger partial charge in [0.15, 0.2) is 0 Å². The van der Waals surface area contributed by atoms with Gasteiger partial charge in [-0.2, -0.15) is 0 Å². The molecule has 0 bridgehead atoms. The predicted octanol–water partition coefficient (Wildman–Crippen LogP) is 5.45. The second-order valence-corrected chi connectivity index (χ2v) is 9.50. The maximum Gasteiger partial charge on any atom is 0.0808 e. The Balaban J connectivity index is 2.98. The van der Waals surface area contributed by atoms with Crippen LogP contribution in [-0.4, -0.2) is 12.2 Å². The van der Waals surface area contributed by atoms with Crippen molar-refractivity contribution >= 4 is 0 Å². The van der Waals surface area contributed by atoms with Crippen LogP contribution >= 0.6 is 0 Å². The highest BCUT2D eigenvalue weighted by atomic mass is 16.5. The minimum Gasteiger partial charge on any atom is -0.370 e. The van der Waals surface area contributed by atoms with E-state index in [1.165, 1.54) is 0 Å². The molecule has 1 rings (SSSR count). The van der Waals surface area contributed by atoms with E-state index in [1.54, 1.807) is 0 Å². The van der Waals surface area contributed by atoms with E-state index in [0.29, 0.717) is 17.4 Å². The van der Waals surface area contributed by atoms with Gasteiger partial charge in [-0.15, -0.1) is 0 Å². The highest BCUT2D eigenvalue weighted by molar-refractivity contribution is 5.08. The molecule has 0 aromatic rings. The van der Waals surface area contributed by atoms with Crippen LogP contribution in [0.15, 0.2) is 12.2 Å². The molecule has 1 aliphatic heterocycles. The van der Waals surface area contributed by atoms with Crippen molar-refractivity contribution in [3.05, 3.63) is 12.2 Å². The molecule has 0 radical (unpaired) electrons. The fourth-order valence-electron chi connectivity index (χ4n) is 2.78. The average molecular weight is 266 g/mol. The fraction of sp³-hybridized carbons (Fsp3) is 0.889. The van der Waals surface area contributed by atoms with Crippen LogP contribution < -0.4 is 0 Å². The SMILES string of the molecule is CC(C)(C)C[C@H]1OC(C(C)(C)C)C=CC1C(C)(C)C. The van der Waals surface area contributed by atoms with E-state index in [4.69, 9.17) is 4.74 Å². The quantitative estimate of drug-likeness (QED) is 0.573. The van der Waals surface area contributed by atoms with Crippen molar-refractivity contribution in [3.63, 3.8) is 0 Å². The minimum atomic E-state index is 0.176. The summed E-state index contributed by atoms with van der Waals surface area (Å²) in [6, 6.07) is 0. The molecule has 19 heavy (non-hydrogen) atoms. The van der Waals surface area contributed by atoms with Crippen molar-refractivity contribution in [1.29, 1.82) is 0 Å². The lowest BCUT2D eigenvalue weighted by atomic mass is 9.71. The van der Waals surface area contributed by atoms with E-state index in [1.807, 2.05) is 0 Å². The first-order chi connectivity index (χ1) is 8.31. The summed E-state index contributed by atoms with van der Waals surface area (Å²) in [6.45, 7) is 20.6. The summed E-state index contributed by atoms with van der Waals surface area (Å²) in [5.74, 6) is 0.505. The van der Waals surface area contributed by atoms with E-state index in [0.717, 1.165) is 6.42 Å². The molecular weight excluding hydrogens is 232 g/mol. The van der Waals surface area contributed by atoms with Gasteiger partial charge in [0.2, 0.25) is 0 Å². The molecule has 1 heterocycles. The maximum absolute atomic E-state index is 6.48. The Kier molecular flexibility index (Phi) is 4.62. The molecule has 1 heteroatoms. The lowest BCUT2D eigenvalue weighted by Crippen LogP contribution is -2.44. The second kappa shape index (κ2) is 5.24. The Morgan fingerprint density at radius 2 is 1.32 bits per heavy atom. The molecule has 0 aromatic heterocycles. The van der Waals surface area contributed by atoms with Crippen molar-refractivity contribution in [1.82, 2.24) is 0 Å². The molecule has 0 aromatic carbocycles. The van der Waals surface area contributed by atoms with Crippen LogP contribution in [0.3, 0.4) is 0 Å². The van der Waals surface area contributed by atoms with Crippen molar-refractivity contribution < 1.29 is 4.74 Å². The number of hydrogen-bond donors (Lipinski definition) is 0. The predicted molar refractivity (Wildman–Crippen MR) is 84.3 cm³/mol. The summed E-state index contributed by atoms with van der Waals surface area (Å²) in [5, 5.41) is 0.